The van der Waals surface area contributed by atoms with Gasteiger partial charge in [0.2, 0.25) is 0 Å². The van der Waals surface area contributed by atoms with Crippen molar-refractivity contribution in [3.8, 4) is 0 Å². The van der Waals surface area contributed by atoms with Gasteiger partial charge in [0.1, 0.15) is 5.00 Å². The van der Waals surface area contributed by atoms with E-state index in [1.807, 2.05) is 31.2 Å². The van der Waals surface area contributed by atoms with Crippen LogP contribution in [0.5, 0.6) is 0 Å². The lowest BCUT2D eigenvalue weighted by Crippen LogP contribution is -2.39. The zero-order valence-electron chi connectivity index (χ0n) is 11.4. The Morgan fingerprint density at radius 2 is 2.05 bits per heavy atom. The topological polar surface area (TPSA) is 49.4 Å². The summed E-state index contributed by atoms with van der Waals surface area (Å²) < 4.78 is 30.2. The molecule has 0 amide bonds. The van der Waals surface area contributed by atoms with Crippen LogP contribution in [-0.4, -0.2) is 22.0 Å². The third-order valence-electron chi connectivity index (χ3n) is 3.01. The molecule has 1 aromatic heterocycles. The number of hydrogen-bond acceptors (Lipinski definition) is 3. The van der Waals surface area contributed by atoms with Gasteiger partial charge in [0.05, 0.1) is 4.47 Å². The Morgan fingerprint density at radius 1 is 1.35 bits per heavy atom. The molecule has 1 aromatic carbocycles. The third-order valence-corrected chi connectivity index (χ3v) is 6.84. The Balaban J connectivity index is 2.53. The number of nitrogens with zero attached hydrogens (tertiary/aromatic N) is 1. The van der Waals surface area contributed by atoms with Gasteiger partial charge in [0.25, 0.3) is 0 Å². The molecule has 0 saturated carbocycles. The molecule has 0 aliphatic carbocycles. The summed E-state index contributed by atoms with van der Waals surface area (Å²) in [5.41, 5.74) is 0. The van der Waals surface area contributed by atoms with Crippen LogP contribution in [0.3, 0.4) is 0 Å². The van der Waals surface area contributed by atoms with E-state index in [0.29, 0.717) is 6.54 Å². The fraction of sp³-hybridized carbons (Fsp3) is 0.385. The van der Waals surface area contributed by atoms with Crippen LogP contribution < -0.4 is 9.03 Å². The average molecular weight is 377 g/mol. The molecule has 7 heteroatoms. The van der Waals surface area contributed by atoms with E-state index in [9.17, 15) is 8.42 Å². The van der Waals surface area contributed by atoms with Crippen molar-refractivity contribution in [3.63, 3.8) is 0 Å². The largest absolute Gasteiger partial charge is 0.301 e. The quantitative estimate of drug-likeness (QED) is 0.834. The Labute approximate surface area is 132 Å². The molecule has 1 heterocycles. The highest BCUT2D eigenvalue weighted by molar-refractivity contribution is 9.10. The maximum Gasteiger partial charge on any atom is 0.301 e. The molecule has 110 valence electrons. The summed E-state index contributed by atoms with van der Waals surface area (Å²) >= 11 is 5.03. The smallest absolute Gasteiger partial charge is 0.247 e. The summed E-state index contributed by atoms with van der Waals surface area (Å²) in [5, 5.41) is 1.77. The molecule has 0 aliphatic rings. The molecule has 0 fully saturated rings. The van der Waals surface area contributed by atoms with Gasteiger partial charge in [0, 0.05) is 23.7 Å². The molecule has 0 bridgehead atoms. The molecule has 2 aromatic rings. The lowest BCUT2D eigenvalue weighted by Gasteiger charge is -2.22. The Bertz CT molecular complexity index is 697. The number of fused-ring (bicyclic) bond motifs is 1. The van der Waals surface area contributed by atoms with Gasteiger partial charge in [-0.1, -0.05) is 31.5 Å². The molecule has 0 atom stereocenters. The molecule has 1 N–H and O–H groups in total. The van der Waals surface area contributed by atoms with Crippen LogP contribution >= 0.6 is 27.3 Å². The highest BCUT2D eigenvalue weighted by atomic mass is 79.9. The highest BCUT2D eigenvalue weighted by Crippen LogP contribution is 2.42. The summed E-state index contributed by atoms with van der Waals surface area (Å²) in [4.78, 5) is 0. The highest BCUT2D eigenvalue weighted by Gasteiger charge is 2.25. The second-order valence-corrected chi connectivity index (χ2v) is 7.98. The monoisotopic (exact) mass is 376 g/mol. The first-order chi connectivity index (χ1) is 9.51. The number of halogens is 1. The number of anilines is 1. The van der Waals surface area contributed by atoms with E-state index in [4.69, 9.17) is 0 Å². The second-order valence-electron chi connectivity index (χ2n) is 4.35. The van der Waals surface area contributed by atoms with E-state index in [1.54, 1.807) is 0 Å². The summed E-state index contributed by atoms with van der Waals surface area (Å²) in [6, 6.07) is 7.90. The minimum atomic E-state index is -3.49. The van der Waals surface area contributed by atoms with E-state index >= 15 is 0 Å². The zero-order chi connectivity index (χ0) is 14.8. The number of hydrogen-bond donors (Lipinski definition) is 1. The van der Waals surface area contributed by atoms with Gasteiger partial charge in [-0.3, -0.25) is 0 Å². The van der Waals surface area contributed by atoms with Gasteiger partial charge >= 0.3 is 10.2 Å². The number of benzene rings is 1. The van der Waals surface area contributed by atoms with Crippen LogP contribution in [0.4, 0.5) is 5.00 Å². The van der Waals surface area contributed by atoms with Crippen LogP contribution in [0.25, 0.3) is 10.1 Å². The van der Waals surface area contributed by atoms with Gasteiger partial charge in [-0.15, -0.1) is 11.3 Å². The fourth-order valence-electron chi connectivity index (χ4n) is 1.90. The molecule has 0 radical (unpaired) electrons. The number of thiophene rings is 1. The number of nitrogens with one attached hydrogen (secondary N) is 1. The molecular weight excluding hydrogens is 360 g/mol. The normalized spacial score (nSPS) is 11.9. The first-order valence-corrected chi connectivity index (χ1v) is 9.44. The first-order valence-electron chi connectivity index (χ1n) is 6.39. The van der Waals surface area contributed by atoms with Gasteiger partial charge in [-0.05, 0) is 28.4 Å². The Morgan fingerprint density at radius 3 is 2.65 bits per heavy atom. The molecule has 2 rings (SSSR count). The van der Waals surface area contributed by atoms with Crippen molar-refractivity contribution in [1.82, 2.24) is 4.72 Å². The molecule has 0 unspecified atom stereocenters. The van der Waals surface area contributed by atoms with Crippen LogP contribution in [0, 0.1) is 0 Å². The van der Waals surface area contributed by atoms with E-state index in [-0.39, 0.29) is 0 Å². The number of rotatable bonds is 6. The zero-order valence-corrected chi connectivity index (χ0v) is 14.6. The maximum atomic E-state index is 12.2. The lowest BCUT2D eigenvalue weighted by molar-refractivity contribution is 0.581. The summed E-state index contributed by atoms with van der Waals surface area (Å²) in [6.07, 6.45) is 1.76. The third kappa shape index (κ3) is 3.00. The van der Waals surface area contributed by atoms with Crippen molar-refractivity contribution in [3.05, 3.63) is 28.7 Å². The van der Waals surface area contributed by atoms with Crippen molar-refractivity contribution in [2.24, 2.45) is 0 Å². The molecule has 0 aliphatic heterocycles. The maximum absolute atomic E-state index is 12.2. The Kier molecular flexibility index (Phi) is 5.06. The number of unbranched alkanes of at least 4 members (excludes halogenated alkanes) is 1. The van der Waals surface area contributed by atoms with E-state index < -0.39 is 10.2 Å². The van der Waals surface area contributed by atoms with Gasteiger partial charge < -0.3 is 0 Å². The van der Waals surface area contributed by atoms with Crippen molar-refractivity contribution >= 4 is 52.6 Å². The van der Waals surface area contributed by atoms with E-state index in [0.717, 1.165) is 32.4 Å². The van der Waals surface area contributed by atoms with Crippen LogP contribution in [0.1, 0.15) is 19.8 Å². The fourth-order valence-corrected chi connectivity index (χ4v) is 5.29. The van der Waals surface area contributed by atoms with Crippen LogP contribution in [0.2, 0.25) is 0 Å². The van der Waals surface area contributed by atoms with Crippen molar-refractivity contribution < 1.29 is 8.42 Å². The van der Waals surface area contributed by atoms with Gasteiger partial charge in [0.15, 0.2) is 0 Å². The Hall–Kier alpha value is -0.630. The molecular formula is C13H17BrN2O2S2. The minimum Gasteiger partial charge on any atom is -0.247 e. The predicted octanol–water partition coefficient (Wildman–Crippen LogP) is 3.73. The molecule has 0 saturated heterocycles. The standard InChI is InChI=1S/C13H17BrN2O2S2/c1-3-4-9-16(20(17,18)15-2)13-12(14)10-7-5-6-8-11(10)19-13/h5-8,15H,3-4,9H2,1-2H3. The van der Waals surface area contributed by atoms with Crippen molar-refractivity contribution in [2.45, 2.75) is 19.8 Å². The first kappa shape index (κ1) is 15.8. The summed E-state index contributed by atoms with van der Waals surface area (Å²) in [6.45, 7) is 2.52. The van der Waals surface area contributed by atoms with E-state index in [1.165, 1.54) is 22.7 Å². The van der Waals surface area contributed by atoms with Crippen molar-refractivity contribution in [2.75, 3.05) is 17.9 Å². The van der Waals surface area contributed by atoms with Crippen LogP contribution in [0.15, 0.2) is 28.7 Å². The summed E-state index contributed by atoms with van der Waals surface area (Å²) in [7, 11) is -2.05. The van der Waals surface area contributed by atoms with Gasteiger partial charge in [-0.25, -0.2) is 9.03 Å². The SMILES string of the molecule is CCCCN(c1sc2ccccc2c1Br)S(=O)(=O)NC. The predicted molar refractivity (Wildman–Crippen MR) is 89.8 cm³/mol. The molecule has 0 spiro atoms. The summed E-state index contributed by atoms with van der Waals surface area (Å²) in [5.74, 6) is 0. The molecule has 20 heavy (non-hydrogen) atoms. The van der Waals surface area contributed by atoms with Crippen LogP contribution in [-0.2, 0) is 10.2 Å². The van der Waals surface area contributed by atoms with Gasteiger partial charge in [-0.2, -0.15) is 8.42 Å². The molecule has 4 nitrogen and oxygen atoms in total. The minimum absolute atomic E-state index is 0.477. The van der Waals surface area contributed by atoms with Crippen molar-refractivity contribution in [1.29, 1.82) is 0 Å². The second kappa shape index (κ2) is 6.43. The average Bonchev–Trinajstić information content (AvgIpc) is 2.77. The van der Waals surface area contributed by atoms with E-state index in [2.05, 4.69) is 20.7 Å². The lowest BCUT2D eigenvalue weighted by atomic mass is 10.3.